The van der Waals surface area contributed by atoms with E-state index in [0.717, 1.165) is 6.54 Å². The molecule has 0 aromatic heterocycles. The SMILES string of the molecule is CC.CC1(NCc2ccc(-c3ccccc3)cc2)CCCCC1.O.O=CNO. The number of carbonyl (C=O) groups excluding carboxylic acids is 1. The molecule has 1 amide bonds. The fourth-order valence-electron chi connectivity index (χ4n) is 3.27. The van der Waals surface area contributed by atoms with Crippen LogP contribution in [-0.4, -0.2) is 22.6 Å². The van der Waals surface area contributed by atoms with Gasteiger partial charge in [0, 0.05) is 12.1 Å². The largest absolute Gasteiger partial charge is 0.412 e. The van der Waals surface area contributed by atoms with Crippen molar-refractivity contribution in [1.82, 2.24) is 10.8 Å². The fourth-order valence-corrected chi connectivity index (χ4v) is 3.27. The van der Waals surface area contributed by atoms with Gasteiger partial charge in [-0.05, 0) is 36.5 Å². The van der Waals surface area contributed by atoms with Gasteiger partial charge < -0.3 is 10.8 Å². The Balaban J connectivity index is 0.000000931. The summed E-state index contributed by atoms with van der Waals surface area (Å²) in [7, 11) is 0. The van der Waals surface area contributed by atoms with Crippen LogP contribution in [0.4, 0.5) is 0 Å². The van der Waals surface area contributed by atoms with E-state index >= 15 is 0 Å². The van der Waals surface area contributed by atoms with Gasteiger partial charge in [0.05, 0.1) is 0 Å². The lowest BCUT2D eigenvalue weighted by Gasteiger charge is -2.34. The third-order valence-corrected chi connectivity index (χ3v) is 4.79. The number of hydrogen-bond acceptors (Lipinski definition) is 3. The van der Waals surface area contributed by atoms with Crippen LogP contribution < -0.4 is 10.8 Å². The maximum absolute atomic E-state index is 8.81. The van der Waals surface area contributed by atoms with Gasteiger partial charge in [0.25, 0.3) is 0 Å². The molecule has 1 aliphatic carbocycles. The Hall–Kier alpha value is -2.21. The molecule has 2 aromatic rings. The summed E-state index contributed by atoms with van der Waals surface area (Å²) >= 11 is 0. The second kappa shape index (κ2) is 14.8. The van der Waals surface area contributed by atoms with Crippen molar-refractivity contribution in [2.75, 3.05) is 0 Å². The van der Waals surface area contributed by atoms with Crippen molar-refractivity contribution in [3.63, 3.8) is 0 Å². The number of hydrogen-bond donors (Lipinski definition) is 3. The monoisotopic (exact) mass is 388 g/mol. The molecule has 0 bridgehead atoms. The lowest BCUT2D eigenvalue weighted by atomic mass is 9.83. The topological polar surface area (TPSA) is 92.9 Å². The van der Waals surface area contributed by atoms with E-state index < -0.39 is 0 Å². The zero-order valence-corrected chi connectivity index (χ0v) is 17.4. The molecule has 5 nitrogen and oxygen atoms in total. The molecule has 0 heterocycles. The van der Waals surface area contributed by atoms with E-state index in [1.165, 1.54) is 54.3 Å². The Morgan fingerprint density at radius 2 is 1.43 bits per heavy atom. The van der Waals surface area contributed by atoms with Crippen LogP contribution in [0.25, 0.3) is 11.1 Å². The Morgan fingerprint density at radius 3 is 1.93 bits per heavy atom. The number of carbonyl (C=O) groups is 1. The number of nitrogens with one attached hydrogen (secondary N) is 2. The molecule has 1 aliphatic rings. The van der Waals surface area contributed by atoms with Gasteiger partial charge >= 0.3 is 0 Å². The van der Waals surface area contributed by atoms with Crippen molar-refractivity contribution in [2.45, 2.75) is 65.0 Å². The number of amides is 1. The lowest BCUT2D eigenvalue weighted by molar-refractivity contribution is -0.116. The first-order valence-electron chi connectivity index (χ1n) is 9.89. The van der Waals surface area contributed by atoms with Crippen LogP contribution in [-0.2, 0) is 11.3 Å². The second-order valence-electron chi connectivity index (χ2n) is 6.78. The minimum absolute atomic E-state index is 0. The summed E-state index contributed by atoms with van der Waals surface area (Å²) in [5.41, 5.74) is 5.55. The van der Waals surface area contributed by atoms with Crippen LogP contribution in [0.3, 0.4) is 0 Å². The highest BCUT2D eigenvalue weighted by Crippen LogP contribution is 2.28. The number of benzene rings is 2. The molecule has 2 aromatic carbocycles. The Labute approximate surface area is 169 Å². The van der Waals surface area contributed by atoms with Crippen LogP contribution in [0.5, 0.6) is 0 Å². The van der Waals surface area contributed by atoms with E-state index in [-0.39, 0.29) is 11.9 Å². The molecule has 0 radical (unpaired) electrons. The van der Waals surface area contributed by atoms with Crippen molar-refractivity contribution in [1.29, 1.82) is 0 Å². The van der Waals surface area contributed by atoms with Crippen LogP contribution in [0, 0.1) is 0 Å². The van der Waals surface area contributed by atoms with Gasteiger partial charge in [-0.2, -0.15) is 0 Å². The Bertz CT molecular complexity index is 624. The number of rotatable bonds is 5. The zero-order chi connectivity index (χ0) is 20.0. The predicted octanol–water partition coefficient (Wildman–Crippen LogP) is 4.49. The van der Waals surface area contributed by atoms with Gasteiger partial charge in [-0.25, -0.2) is 5.48 Å². The van der Waals surface area contributed by atoms with E-state index in [0.29, 0.717) is 5.54 Å². The van der Waals surface area contributed by atoms with Gasteiger partial charge in [0.15, 0.2) is 0 Å². The molecule has 5 heteroatoms. The minimum atomic E-state index is 0. The molecule has 0 spiro atoms. The van der Waals surface area contributed by atoms with E-state index in [1.807, 2.05) is 13.8 Å². The van der Waals surface area contributed by atoms with Crippen LogP contribution in [0.2, 0.25) is 0 Å². The summed E-state index contributed by atoms with van der Waals surface area (Å²) in [6.45, 7) is 7.36. The first kappa shape index (κ1) is 25.8. The average molecular weight is 389 g/mol. The fraction of sp³-hybridized carbons (Fsp3) is 0.435. The molecule has 156 valence electrons. The average Bonchev–Trinajstić information content (AvgIpc) is 2.75. The van der Waals surface area contributed by atoms with Crippen LogP contribution >= 0.6 is 0 Å². The van der Waals surface area contributed by atoms with E-state index in [4.69, 9.17) is 10.0 Å². The van der Waals surface area contributed by atoms with E-state index in [1.54, 1.807) is 0 Å². The quantitative estimate of drug-likeness (QED) is 0.400. The van der Waals surface area contributed by atoms with Gasteiger partial charge in [0.2, 0.25) is 6.41 Å². The molecular weight excluding hydrogens is 352 g/mol. The third kappa shape index (κ3) is 9.13. The molecule has 0 aliphatic heterocycles. The van der Waals surface area contributed by atoms with Crippen LogP contribution in [0.15, 0.2) is 54.6 Å². The van der Waals surface area contributed by atoms with Crippen molar-refractivity contribution in [2.24, 2.45) is 0 Å². The highest BCUT2D eigenvalue weighted by molar-refractivity contribution is 5.63. The highest BCUT2D eigenvalue weighted by atomic mass is 16.5. The molecule has 1 saturated carbocycles. The first-order valence-corrected chi connectivity index (χ1v) is 9.89. The molecular formula is C23H36N2O3. The lowest BCUT2D eigenvalue weighted by Crippen LogP contribution is -2.43. The first-order chi connectivity index (χ1) is 13.2. The van der Waals surface area contributed by atoms with Gasteiger partial charge in [-0.1, -0.05) is 87.7 Å². The Morgan fingerprint density at radius 1 is 0.929 bits per heavy atom. The van der Waals surface area contributed by atoms with E-state index in [2.05, 4.69) is 66.8 Å². The standard InChI is InChI=1S/C20H25N.C2H6.CH3NO2.H2O/c1-20(14-6-3-7-15-20)21-16-17-10-12-19(13-11-17)18-8-4-2-5-9-18;1-2;3-1-2-4;/h2,4-5,8-13,21H,3,6-7,14-16H2,1H3;1-2H3;1,4H,(H,2,3);1H2. The molecule has 1 fully saturated rings. The Kier molecular flexibility index (Phi) is 13.6. The minimum Gasteiger partial charge on any atom is -0.412 e. The molecule has 0 saturated heterocycles. The summed E-state index contributed by atoms with van der Waals surface area (Å²) in [6.07, 6.45) is 6.96. The predicted molar refractivity (Wildman–Crippen MR) is 116 cm³/mol. The van der Waals surface area contributed by atoms with Crippen molar-refractivity contribution in [3.8, 4) is 11.1 Å². The summed E-state index contributed by atoms with van der Waals surface area (Å²) in [5.74, 6) is 0. The van der Waals surface area contributed by atoms with E-state index in [9.17, 15) is 0 Å². The van der Waals surface area contributed by atoms with Crippen molar-refractivity contribution < 1.29 is 15.5 Å². The van der Waals surface area contributed by atoms with Gasteiger partial charge in [-0.15, -0.1) is 0 Å². The molecule has 28 heavy (non-hydrogen) atoms. The maximum atomic E-state index is 8.81. The molecule has 0 atom stereocenters. The normalized spacial score (nSPS) is 14.1. The highest BCUT2D eigenvalue weighted by Gasteiger charge is 2.25. The zero-order valence-electron chi connectivity index (χ0n) is 17.4. The summed E-state index contributed by atoms with van der Waals surface area (Å²) < 4.78 is 0. The van der Waals surface area contributed by atoms with Gasteiger partial charge in [0.1, 0.15) is 0 Å². The summed E-state index contributed by atoms with van der Waals surface area (Å²) in [4.78, 5) is 8.81. The molecule has 3 rings (SSSR count). The van der Waals surface area contributed by atoms with Crippen molar-refractivity contribution in [3.05, 3.63) is 60.2 Å². The van der Waals surface area contributed by atoms with Crippen LogP contribution in [0.1, 0.15) is 58.4 Å². The maximum Gasteiger partial charge on any atom is 0.230 e. The second-order valence-corrected chi connectivity index (χ2v) is 6.78. The molecule has 5 N–H and O–H groups in total. The molecule has 0 unspecified atom stereocenters. The van der Waals surface area contributed by atoms with Crippen molar-refractivity contribution >= 4 is 6.41 Å². The summed E-state index contributed by atoms with van der Waals surface area (Å²) in [6, 6.07) is 19.5. The smallest absolute Gasteiger partial charge is 0.230 e. The number of hydroxylamine groups is 1. The van der Waals surface area contributed by atoms with Gasteiger partial charge in [-0.3, -0.25) is 10.0 Å². The third-order valence-electron chi connectivity index (χ3n) is 4.79. The summed E-state index contributed by atoms with van der Waals surface area (Å²) in [5, 5.41) is 11.0.